The van der Waals surface area contributed by atoms with E-state index in [0.717, 1.165) is 17.7 Å². The molecule has 0 aliphatic heterocycles. The molecule has 0 bridgehead atoms. The van der Waals surface area contributed by atoms with Gasteiger partial charge < -0.3 is 5.32 Å². The number of amides is 1. The van der Waals surface area contributed by atoms with E-state index in [4.69, 9.17) is 11.6 Å². The second kappa shape index (κ2) is 6.30. The first-order chi connectivity index (χ1) is 9.54. The first kappa shape index (κ1) is 14.2. The van der Waals surface area contributed by atoms with Gasteiger partial charge in [-0.2, -0.15) is 0 Å². The molecule has 0 saturated carbocycles. The highest BCUT2D eigenvalue weighted by Gasteiger charge is 2.04. The van der Waals surface area contributed by atoms with Crippen molar-refractivity contribution >= 4 is 29.3 Å². The summed E-state index contributed by atoms with van der Waals surface area (Å²) in [6.07, 6.45) is 2.88. The molecule has 20 heavy (non-hydrogen) atoms. The summed E-state index contributed by atoms with van der Waals surface area (Å²) >= 11 is 5.74. The normalized spacial score (nSPS) is 10.8. The van der Waals surface area contributed by atoms with Crippen LogP contribution in [0.4, 0.5) is 14.5 Å². The van der Waals surface area contributed by atoms with Gasteiger partial charge in [-0.05, 0) is 35.9 Å². The maximum Gasteiger partial charge on any atom is 0.248 e. The summed E-state index contributed by atoms with van der Waals surface area (Å²) in [6, 6.07) is 10.1. The second-order valence-corrected chi connectivity index (χ2v) is 4.44. The van der Waals surface area contributed by atoms with Crippen LogP contribution in [0.1, 0.15) is 5.56 Å². The summed E-state index contributed by atoms with van der Waals surface area (Å²) in [7, 11) is 0. The molecule has 1 N–H and O–H groups in total. The molecule has 0 atom stereocenters. The van der Waals surface area contributed by atoms with Crippen LogP contribution in [-0.4, -0.2) is 5.91 Å². The molecule has 0 fully saturated rings. The van der Waals surface area contributed by atoms with Gasteiger partial charge in [0.15, 0.2) is 11.6 Å². The van der Waals surface area contributed by atoms with E-state index in [1.54, 1.807) is 30.3 Å². The second-order valence-electron chi connectivity index (χ2n) is 4.00. The predicted octanol–water partition coefficient (Wildman–Crippen LogP) is 4.27. The van der Waals surface area contributed by atoms with Crippen molar-refractivity contribution in [3.63, 3.8) is 0 Å². The van der Waals surface area contributed by atoms with Gasteiger partial charge in [0, 0.05) is 22.9 Å². The highest BCUT2D eigenvalue weighted by molar-refractivity contribution is 6.30. The summed E-state index contributed by atoms with van der Waals surface area (Å²) < 4.78 is 25.7. The molecule has 0 aromatic heterocycles. The van der Waals surface area contributed by atoms with Crippen LogP contribution >= 0.6 is 11.6 Å². The van der Waals surface area contributed by atoms with Crippen LogP contribution in [0.25, 0.3) is 6.08 Å². The Morgan fingerprint density at radius 3 is 2.40 bits per heavy atom. The molecule has 102 valence electrons. The molecular weight excluding hydrogens is 284 g/mol. The van der Waals surface area contributed by atoms with Crippen LogP contribution in [0.2, 0.25) is 5.02 Å². The fourth-order valence-electron chi connectivity index (χ4n) is 1.50. The molecule has 0 unspecified atom stereocenters. The lowest BCUT2D eigenvalue weighted by molar-refractivity contribution is -0.111. The van der Waals surface area contributed by atoms with Crippen LogP contribution in [-0.2, 0) is 4.79 Å². The number of anilines is 1. The number of rotatable bonds is 3. The van der Waals surface area contributed by atoms with E-state index < -0.39 is 17.5 Å². The fourth-order valence-corrected chi connectivity index (χ4v) is 1.63. The van der Waals surface area contributed by atoms with Crippen molar-refractivity contribution in [2.45, 2.75) is 0 Å². The van der Waals surface area contributed by atoms with E-state index in [-0.39, 0.29) is 5.69 Å². The Morgan fingerprint density at radius 1 is 1.05 bits per heavy atom. The summed E-state index contributed by atoms with van der Waals surface area (Å²) in [5.74, 6) is -2.41. The third-order valence-electron chi connectivity index (χ3n) is 2.48. The largest absolute Gasteiger partial charge is 0.322 e. The molecule has 2 aromatic carbocycles. The number of hydrogen-bond acceptors (Lipinski definition) is 1. The molecule has 1 amide bonds. The van der Waals surface area contributed by atoms with Crippen molar-refractivity contribution in [3.8, 4) is 0 Å². The van der Waals surface area contributed by atoms with Crippen molar-refractivity contribution in [1.82, 2.24) is 0 Å². The molecular formula is C15H10ClF2NO. The molecule has 0 saturated heterocycles. The van der Waals surface area contributed by atoms with E-state index in [9.17, 15) is 13.6 Å². The number of halogens is 3. The third-order valence-corrected chi connectivity index (χ3v) is 2.74. The first-order valence-electron chi connectivity index (χ1n) is 5.74. The van der Waals surface area contributed by atoms with Gasteiger partial charge in [0.1, 0.15) is 0 Å². The van der Waals surface area contributed by atoms with Crippen molar-refractivity contribution in [2.24, 2.45) is 0 Å². The van der Waals surface area contributed by atoms with Gasteiger partial charge in [0.05, 0.1) is 0 Å². The molecule has 2 rings (SSSR count). The van der Waals surface area contributed by atoms with Crippen LogP contribution in [0.5, 0.6) is 0 Å². The van der Waals surface area contributed by atoms with Gasteiger partial charge in [-0.1, -0.05) is 23.7 Å². The Bertz CT molecular complexity index is 653. The van der Waals surface area contributed by atoms with E-state index >= 15 is 0 Å². The highest BCUT2D eigenvalue weighted by atomic mass is 35.5. The summed E-state index contributed by atoms with van der Waals surface area (Å²) in [4.78, 5) is 11.6. The van der Waals surface area contributed by atoms with Gasteiger partial charge in [0.2, 0.25) is 5.91 Å². The quantitative estimate of drug-likeness (QED) is 0.841. The van der Waals surface area contributed by atoms with Gasteiger partial charge >= 0.3 is 0 Å². The van der Waals surface area contributed by atoms with Crippen LogP contribution in [0.3, 0.4) is 0 Å². The Hall–Kier alpha value is -2.20. The van der Waals surface area contributed by atoms with Crippen molar-refractivity contribution in [1.29, 1.82) is 0 Å². The Balaban J connectivity index is 2.01. The van der Waals surface area contributed by atoms with Crippen LogP contribution in [0, 0.1) is 11.6 Å². The van der Waals surface area contributed by atoms with Gasteiger partial charge in [0.25, 0.3) is 0 Å². The minimum absolute atomic E-state index is 0.189. The topological polar surface area (TPSA) is 29.1 Å². The molecule has 2 nitrogen and oxygen atoms in total. The monoisotopic (exact) mass is 293 g/mol. The average molecular weight is 294 g/mol. The Labute approximate surface area is 119 Å². The summed E-state index contributed by atoms with van der Waals surface area (Å²) in [5.41, 5.74) is 0.990. The molecule has 0 aliphatic rings. The third kappa shape index (κ3) is 3.90. The van der Waals surface area contributed by atoms with E-state index in [0.29, 0.717) is 5.02 Å². The Morgan fingerprint density at radius 2 is 1.75 bits per heavy atom. The molecule has 5 heteroatoms. The first-order valence-corrected chi connectivity index (χ1v) is 6.12. The SMILES string of the molecule is O=C(/C=C/c1ccc(Cl)cc1)Nc1ccc(F)c(F)c1. The van der Waals surface area contributed by atoms with Gasteiger partial charge in [-0.25, -0.2) is 8.78 Å². The minimum Gasteiger partial charge on any atom is -0.322 e. The minimum atomic E-state index is -1.01. The molecule has 0 aliphatic carbocycles. The van der Waals surface area contributed by atoms with Crippen molar-refractivity contribution in [3.05, 3.63) is 70.8 Å². The number of nitrogens with one attached hydrogen (secondary N) is 1. The number of hydrogen-bond donors (Lipinski definition) is 1. The van der Waals surface area contributed by atoms with E-state index in [2.05, 4.69) is 5.32 Å². The van der Waals surface area contributed by atoms with Crippen molar-refractivity contribution in [2.75, 3.05) is 5.32 Å². The molecule has 0 spiro atoms. The Kier molecular flexibility index (Phi) is 4.48. The number of carbonyl (C=O) groups is 1. The lowest BCUT2D eigenvalue weighted by Crippen LogP contribution is -2.08. The fraction of sp³-hybridized carbons (Fsp3) is 0. The predicted molar refractivity (Wildman–Crippen MR) is 75.5 cm³/mol. The van der Waals surface area contributed by atoms with Crippen molar-refractivity contribution < 1.29 is 13.6 Å². The molecule has 0 heterocycles. The lowest BCUT2D eigenvalue weighted by atomic mass is 10.2. The van der Waals surface area contributed by atoms with Crippen LogP contribution < -0.4 is 5.32 Å². The smallest absolute Gasteiger partial charge is 0.248 e. The van der Waals surface area contributed by atoms with E-state index in [1.807, 2.05) is 0 Å². The zero-order valence-electron chi connectivity index (χ0n) is 10.2. The lowest BCUT2D eigenvalue weighted by Gasteiger charge is -2.02. The number of carbonyl (C=O) groups excluding carboxylic acids is 1. The average Bonchev–Trinajstić information content (AvgIpc) is 2.42. The molecule has 2 aromatic rings. The summed E-state index contributed by atoms with van der Waals surface area (Å²) in [5, 5.41) is 3.04. The maximum atomic E-state index is 13.0. The van der Waals surface area contributed by atoms with Gasteiger partial charge in [-0.3, -0.25) is 4.79 Å². The zero-order valence-corrected chi connectivity index (χ0v) is 11.0. The van der Waals surface area contributed by atoms with Crippen LogP contribution in [0.15, 0.2) is 48.5 Å². The van der Waals surface area contributed by atoms with Gasteiger partial charge in [-0.15, -0.1) is 0 Å². The molecule has 0 radical (unpaired) electrons. The highest BCUT2D eigenvalue weighted by Crippen LogP contribution is 2.14. The zero-order chi connectivity index (χ0) is 14.5. The summed E-state index contributed by atoms with van der Waals surface area (Å²) in [6.45, 7) is 0. The maximum absolute atomic E-state index is 13.0. The number of benzene rings is 2. The standard InChI is InChI=1S/C15H10ClF2NO/c16-11-4-1-10(2-5-11)3-8-15(20)19-12-6-7-13(17)14(18)9-12/h1-9H,(H,19,20)/b8-3+. The van der Waals surface area contributed by atoms with E-state index in [1.165, 1.54) is 12.1 Å².